The molecule has 148 valence electrons. The lowest BCUT2D eigenvalue weighted by Crippen LogP contribution is -2.48. The number of nitrogens with zero attached hydrogens (tertiary/aromatic N) is 1. The monoisotopic (exact) mass is 389 g/mol. The van der Waals surface area contributed by atoms with Crippen molar-refractivity contribution < 1.29 is 14.3 Å². The fourth-order valence-corrected chi connectivity index (χ4v) is 3.12. The highest BCUT2D eigenvalue weighted by molar-refractivity contribution is 5.95. The molecule has 2 aromatic carbocycles. The molecular formula is C23H23N3O3. The Morgan fingerprint density at radius 3 is 2.76 bits per heavy atom. The predicted molar refractivity (Wildman–Crippen MR) is 111 cm³/mol. The Morgan fingerprint density at radius 1 is 1.17 bits per heavy atom. The van der Waals surface area contributed by atoms with Crippen LogP contribution < -0.4 is 20.1 Å². The Morgan fingerprint density at radius 2 is 1.97 bits per heavy atom. The summed E-state index contributed by atoms with van der Waals surface area (Å²) in [7, 11) is 0. The molecule has 0 saturated carbocycles. The normalized spacial score (nSPS) is 17.4. The molecule has 1 aliphatic rings. The van der Waals surface area contributed by atoms with Crippen LogP contribution in [0.4, 0.5) is 5.69 Å². The molecule has 1 aliphatic heterocycles. The third kappa shape index (κ3) is 4.66. The molecule has 1 aromatic heterocycles. The van der Waals surface area contributed by atoms with E-state index in [4.69, 9.17) is 9.47 Å². The highest BCUT2D eigenvalue weighted by Gasteiger charge is 2.32. The number of ether oxygens (including phenoxy) is 2. The second-order valence-corrected chi connectivity index (χ2v) is 7.33. The van der Waals surface area contributed by atoms with E-state index in [1.165, 1.54) is 0 Å². The first-order chi connectivity index (χ1) is 14.1. The van der Waals surface area contributed by atoms with Crippen LogP contribution in [0.5, 0.6) is 11.5 Å². The molecule has 1 atom stereocenters. The minimum atomic E-state index is -0.408. The number of fused-ring (bicyclic) bond motifs is 1. The summed E-state index contributed by atoms with van der Waals surface area (Å²) in [6, 6.07) is 18.8. The number of hydrogen-bond donors (Lipinski definition) is 2. The lowest BCUT2D eigenvalue weighted by atomic mass is 10.0. The zero-order valence-electron chi connectivity index (χ0n) is 16.2. The maximum Gasteiger partial charge on any atom is 0.251 e. The van der Waals surface area contributed by atoms with Gasteiger partial charge in [-0.25, -0.2) is 0 Å². The zero-order chi connectivity index (χ0) is 20.1. The van der Waals surface area contributed by atoms with Gasteiger partial charge >= 0.3 is 0 Å². The molecule has 2 N–H and O–H groups in total. The second kappa shape index (κ2) is 8.22. The highest BCUT2D eigenvalue weighted by Crippen LogP contribution is 2.33. The Hall–Kier alpha value is -3.54. The molecule has 29 heavy (non-hydrogen) atoms. The maximum atomic E-state index is 12.6. The Kier molecular flexibility index (Phi) is 5.33. The van der Waals surface area contributed by atoms with Crippen molar-refractivity contribution in [3.05, 3.63) is 84.2 Å². The molecule has 6 heteroatoms. The van der Waals surface area contributed by atoms with Gasteiger partial charge in [0.25, 0.3) is 5.91 Å². The number of rotatable bonds is 6. The molecule has 2 heterocycles. The second-order valence-electron chi connectivity index (χ2n) is 7.33. The van der Waals surface area contributed by atoms with Crippen molar-refractivity contribution in [2.45, 2.75) is 19.0 Å². The minimum absolute atomic E-state index is 0.140. The SMILES string of the molecule is CC1(COc2ccccc2)COc2ccc(C(=O)NCc3ccncc3)cc2N1. The zero-order valence-corrected chi connectivity index (χ0v) is 16.2. The third-order valence-corrected chi connectivity index (χ3v) is 4.73. The standard InChI is InChI=1S/C23H23N3O3/c1-23(15-28-19-5-3-2-4-6-19)16-29-21-8-7-18(13-20(21)26-23)22(27)25-14-17-9-11-24-12-10-17/h2-13,26H,14-16H2,1H3,(H,25,27). The van der Waals surface area contributed by atoms with Crippen LogP contribution in [0.15, 0.2) is 73.1 Å². The first-order valence-electron chi connectivity index (χ1n) is 9.51. The van der Waals surface area contributed by atoms with Gasteiger partial charge in [0.05, 0.1) is 5.69 Å². The van der Waals surface area contributed by atoms with Gasteiger partial charge < -0.3 is 20.1 Å². The van der Waals surface area contributed by atoms with Crippen molar-refractivity contribution in [1.82, 2.24) is 10.3 Å². The van der Waals surface area contributed by atoms with Crippen LogP contribution in [0.3, 0.4) is 0 Å². The summed E-state index contributed by atoms with van der Waals surface area (Å²) >= 11 is 0. The van der Waals surface area contributed by atoms with Crippen LogP contribution in [0, 0.1) is 0 Å². The van der Waals surface area contributed by atoms with Gasteiger partial charge in [-0.05, 0) is 55.0 Å². The third-order valence-electron chi connectivity index (χ3n) is 4.73. The van der Waals surface area contributed by atoms with Crippen molar-refractivity contribution in [1.29, 1.82) is 0 Å². The Labute approximate surface area is 169 Å². The fraction of sp³-hybridized carbons (Fsp3) is 0.217. The Bertz CT molecular complexity index is 979. The van der Waals surface area contributed by atoms with Gasteiger partial charge in [0.15, 0.2) is 0 Å². The average Bonchev–Trinajstić information content (AvgIpc) is 2.77. The van der Waals surface area contributed by atoms with Crippen LogP contribution in [0.25, 0.3) is 0 Å². The van der Waals surface area contributed by atoms with Gasteiger partial charge in [0.1, 0.15) is 30.3 Å². The van der Waals surface area contributed by atoms with Gasteiger partial charge in [0.2, 0.25) is 0 Å². The topological polar surface area (TPSA) is 72.5 Å². The molecule has 3 aromatic rings. The van der Waals surface area contributed by atoms with Crippen molar-refractivity contribution >= 4 is 11.6 Å². The molecule has 0 spiro atoms. The fourth-order valence-electron chi connectivity index (χ4n) is 3.12. The van der Waals surface area contributed by atoms with E-state index in [2.05, 4.69) is 15.6 Å². The van der Waals surface area contributed by atoms with Gasteiger partial charge in [-0.1, -0.05) is 18.2 Å². The lowest BCUT2D eigenvalue weighted by Gasteiger charge is -2.36. The molecule has 0 saturated heterocycles. The van der Waals surface area contributed by atoms with E-state index < -0.39 is 5.54 Å². The van der Waals surface area contributed by atoms with E-state index in [1.54, 1.807) is 18.5 Å². The van der Waals surface area contributed by atoms with E-state index in [0.29, 0.717) is 25.3 Å². The summed E-state index contributed by atoms with van der Waals surface area (Å²) in [5.41, 5.74) is 1.95. The summed E-state index contributed by atoms with van der Waals surface area (Å²) in [5.74, 6) is 1.40. The highest BCUT2D eigenvalue weighted by atomic mass is 16.5. The number of nitrogens with one attached hydrogen (secondary N) is 2. The molecule has 0 bridgehead atoms. The molecular weight excluding hydrogens is 366 g/mol. The Balaban J connectivity index is 1.41. The molecule has 6 nitrogen and oxygen atoms in total. The number of anilines is 1. The summed E-state index contributed by atoms with van der Waals surface area (Å²) in [6.07, 6.45) is 3.42. The van der Waals surface area contributed by atoms with Crippen LogP contribution in [0.1, 0.15) is 22.8 Å². The van der Waals surface area contributed by atoms with Crippen LogP contribution in [-0.2, 0) is 6.54 Å². The number of aromatic nitrogens is 1. The first kappa shape index (κ1) is 18.8. The number of benzene rings is 2. The van der Waals surface area contributed by atoms with E-state index in [-0.39, 0.29) is 5.91 Å². The van der Waals surface area contributed by atoms with E-state index >= 15 is 0 Å². The van der Waals surface area contributed by atoms with Gasteiger partial charge in [0, 0.05) is 24.5 Å². The maximum absolute atomic E-state index is 12.6. The van der Waals surface area contributed by atoms with E-state index in [1.807, 2.05) is 61.5 Å². The van der Waals surface area contributed by atoms with E-state index in [0.717, 1.165) is 22.7 Å². The van der Waals surface area contributed by atoms with E-state index in [9.17, 15) is 4.79 Å². The van der Waals surface area contributed by atoms with Crippen molar-refractivity contribution in [2.24, 2.45) is 0 Å². The van der Waals surface area contributed by atoms with Crippen LogP contribution in [0.2, 0.25) is 0 Å². The van der Waals surface area contributed by atoms with Crippen molar-refractivity contribution in [3.63, 3.8) is 0 Å². The molecule has 1 amide bonds. The van der Waals surface area contributed by atoms with Gasteiger partial charge in [-0.2, -0.15) is 0 Å². The molecule has 0 fully saturated rings. The minimum Gasteiger partial charge on any atom is -0.491 e. The number of hydrogen-bond acceptors (Lipinski definition) is 5. The summed E-state index contributed by atoms with van der Waals surface area (Å²) in [6.45, 7) is 3.40. The van der Waals surface area contributed by atoms with Gasteiger partial charge in [-0.15, -0.1) is 0 Å². The first-order valence-corrected chi connectivity index (χ1v) is 9.51. The smallest absolute Gasteiger partial charge is 0.251 e. The number of carbonyl (C=O) groups is 1. The number of carbonyl (C=O) groups excluding carboxylic acids is 1. The van der Waals surface area contributed by atoms with Crippen LogP contribution >= 0.6 is 0 Å². The summed E-state index contributed by atoms with van der Waals surface area (Å²) in [4.78, 5) is 16.5. The number of amides is 1. The number of pyridine rings is 1. The van der Waals surface area contributed by atoms with Crippen molar-refractivity contribution in [2.75, 3.05) is 18.5 Å². The van der Waals surface area contributed by atoms with Gasteiger partial charge in [-0.3, -0.25) is 9.78 Å². The van der Waals surface area contributed by atoms with Crippen molar-refractivity contribution in [3.8, 4) is 11.5 Å². The molecule has 4 rings (SSSR count). The number of para-hydroxylation sites is 1. The molecule has 0 aliphatic carbocycles. The summed E-state index contributed by atoms with van der Waals surface area (Å²) in [5, 5.41) is 6.40. The predicted octanol–water partition coefficient (Wildman–Crippen LogP) is 3.65. The molecule has 1 unspecified atom stereocenters. The summed E-state index contributed by atoms with van der Waals surface area (Å²) < 4.78 is 11.8. The molecule has 0 radical (unpaired) electrons. The lowest BCUT2D eigenvalue weighted by molar-refractivity contribution is 0.0950. The quantitative estimate of drug-likeness (QED) is 0.673. The largest absolute Gasteiger partial charge is 0.491 e. The average molecular weight is 389 g/mol. The van der Waals surface area contributed by atoms with Crippen LogP contribution in [-0.4, -0.2) is 29.6 Å².